The highest BCUT2D eigenvalue weighted by Gasteiger charge is 1.82. The zero-order valence-corrected chi connectivity index (χ0v) is 7.90. The molecule has 1 radical (unpaired) electrons. The summed E-state index contributed by atoms with van der Waals surface area (Å²) in [4.78, 5) is 0. The Morgan fingerprint density at radius 1 is 1.10 bits per heavy atom. The molecule has 0 rings (SSSR count). The van der Waals surface area contributed by atoms with Crippen LogP contribution in [0.5, 0.6) is 0 Å². The zero-order chi connectivity index (χ0) is 7.66. The standard InChI is InChI=1S/C9H18P/c1-2-3-4-5-6-7-8-9-10/h7-8,10H,2-6,9H2,1H3/b8-7+. The van der Waals surface area contributed by atoms with Crippen molar-refractivity contribution in [2.75, 3.05) is 6.16 Å². The van der Waals surface area contributed by atoms with E-state index >= 15 is 0 Å². The predicted octanol–water partition coefficient (Wildman–Crippen LogP) is 3.66. The molecule has 10 heavy (non-hydrogen) atoms. The van der Waals surface area contributed by atoms with Crippen molar-refractivity contribution in [1.82, 2.24) is 0 Å². The van der Waals surface area contributed by atoms with Gasteiger partial charge in [-0.15, -0.1) is 0 Å². The molecule has 0 aromatic heterocycles. The third-order valence-corrected chi connectivity index (χ3v) is 1.74. The van der Waals surface area contributed by atoms with E-state index in [1.54, 1.807) is 0 Å². The first kappa shape index (κ1) is 10.2. The van der Waals surface area contributed by atoms with Crippen molar-refractivity contribution in [1.29, 1.82) is 0 Å². The molecule has 0 spiro atoms. The van der Waals surface area contributed by atoms with Crippen molar-refractivity contribution in [3.05, 3.63) is 12.2 Å². The van der Waals surface area contributed by atoms with Gasteiger partial charge < -0.3 is 0 Å². The van der Waals surface area contributed by atoms with Crippen LogP contribution in [-0.2, 0) is 0 Å². The molecule has 0 aliphatic rings. The van der Waals surface area contributed by atoms with Crippen LogP contribution in [-0.4, -0.2) is 6.16 Å². The van der Waals surface area contributed by atoms with Crippen LogP contribution < -0.4 is 0 Å². The average molecular weight is 157 g/mol. The molecule has 0 saturated heterocycles. The van der Waals surface area contributed by atoms with Crippen molar-refractivity contribution >= 4 is 9.24 Å². The summed E-state index contributed by atoms with van der Waals surface area (Å²) in [5.41, 5.74) is 0. The molecule has 0 N–H and O–H groups in total. The molecule has 0 aromatic carbocycles. The zero-order valence-electron chi connectivity index (χ0n) is 6.90. The van der Waals surface area contributed by atoms with E-state index in [1.165, 1.54) is 32.1 Å². The summed E-state index contributed by atoms with van der Waals surface area (Å²) in [6.07, 6.45) is 12.1. The van der Waals surface area contributed by atoms with Gasteiger partial charge >= 0.3 is 0 Å². The highest BCUT2D eigenvalue weighted by atomic mass is 31.0. The van der Waals surface area contributed by atoms with Gasteiger partial charge in [-0.25, -0.2) is 0 Å². The van der Waals surface area contributed by atoms with Crippen LogP contribution in [0.4, 0.5) is 0 Å². The van der Waals surface area contributed by atoms with Crippen LogP contribution >= 0.6 is 9.24 Å². The van der Waals surface area contributed by atoms with Gasteiger partial charge in [0.2, 0.25) is 0 Å². The second-order valence-electron chi connectivity index (χ2n) is 2.52. The Morgan fingerprint density at radius 2 is 1.90 bits per heavy atom. The first-order valence-electron chi connectivity index (χ1n) is 4.21. The Hall–Kier alpha value is 0.170. The van der Waals surface area contributed by atoms with Crippen LogP contribution in [0.25, 0.3) is 0 Å². The second-order valence-corrected chi connectivity index (χ2v) is 2.93. The minimum absolute atomic E-state index is 0.994. The molecule has 0 aliphatic carbocycles. The topological polar surface area (TPSA) is 0 Å². The summed E-state index contributed by atoms with van der Waals surface area (Å²) in [6.45, 7) is 2.24. The van der Waals surface area contributed by atoms with E-state index < -0.39 is 0 Å². The van der Waals surface area contributed by atoms with E-state index in [-0.39, 0.29) is 0 Å². The highest BCUT2D eigenvalue weighted by molar-refractivity contribution is 7.16. The number of hydrogen-bond donors (Lipinski definition) is 0. The average Bonchev–Trinajstić information content (AvgIpc) is 1.97. The molecule has 0 atom stereocenters. The van der Waals surface area contributed by atoms with Crippen molar-refractivity contribution in [2.45, 2.75) is 39.0 Å². The Balaban J connectivity index is 2.83. The Bertz CT molecular complexity index is 76.8. The van der Waals surface area contributed by atoms with Gasteiger partial charge in [-0.3, -0.25) is 0 Å². The van der Waals surface area contributed by atoms with Crippen LogP contribution in [0, 0.1) is 0 Å². The quantitative estimate of drug-likeness (QED) is 0.313. The molecule has 0 bridgehead atoms. The summed E-state index contributed by atoms with van der Waals surface area (Å²) in [5.74, 6) is 0. The minimum Gasteiger partial charge on any atom is -0.0951 e. The second kappa shape index (κ2) is 9.17. The minimum atomic E-state index is 0.994. The lowest BCUT2D eigenvalue weighted by atomic mass is 10.1. The highest BCUT2D eigenvalue weighted by Crippen LogP contribution is 2.02. The van der Waals surface area contributed by atoms with Crippen LogP contribution in [0.2, 0.25) is 0 Å². The predicted molar refractivity (Wildman–Crippen MR) is 51.1 cm³/mol. The van der Waals surface area contributed by atoms with Crippen molar-refractivity contribution < 1.29 is 0 Å². The van der Waals surface area contributed by atoms with Crippen molar-refractivity contribution in [3.63, 3.8) is 0 Å². The molecule has 0 amide bonds. The molecule has 0 aromatic rings. The van der Waals surface area contributed by atoms with Gasteiger partial charge in [0.15, 0.2) is 0 Å². The maximum Gasteiger partial charge on any atom is -0.0136 e. The van der Waals surface area contributed by atoms with E-state index in [1.807, 2.05) is 0 Å². The SMILES string of the molecule is CCCCCC/C=C/C[PH]. The van der Waals surface area contributed by atoms with Crippen LogP contribution in [0.3, 0.4) is 0 Å². The molecule has 1 heteroatoms. The number of rotatable bonds is 6. The van der Waals surface area contributed by atoms with Gasteiger partial charge in [-0.2, -0.15) is 0 Å². The Labute approximate surface area is 67.3 Å². The third-order valence-electron chi connectivity index (χ3n) is 1.51. The Morgan fingerprint density at radius 3 is 2.50 bits per heavy atom. The monoisotopic (exact) mass is 157 g/mol. The maximum atomic E-state index is 3.39. The van der Waals surface area contributed by atoms with Gasteiger partial charge in [0.05, 0.1) is 0 Å². The fourth-order valence-corrected chi connectivity index (χ4v) is 1.06. The maximum absolute atomic E-state index is 3.39. The summed E-state index contributed by atoms with van der Waals surface area (Å²) < 4.78 is 0. The number of hydrogen-bond acceptors (Lipinski definition) is 0. The first-order valence-corrected chi connectivity index (χ1v) is 4.92. The van der Waals surface area contributed by atoms with Crippen molar-refractivity contribution in [2.24, 2.45) is 0 Å². The molecule has 59 valence electrons. The van der Waals surface area contributed by atoms with Gasteiger partial charge in [-0.1, -0.05) is 47.6 Å². The third kappa shape index (κ3) is 8.17. The van der Waals surface area contributed by atoms with E-state index in [9.17, 15) is 0 Å². The number of allylic oxidation sites excluding steroid dienone is 2. The largest absolute Gasteiger partial charge is 0.0951 e. The number of unbranched alkanes of at least 4 members (excludes halogenated alkanes) is 4. The van der Waals surface area contributed by atoms with Gasteiger partial charge in [0.25, 0.3) is 0 Å². The van der Waals surface area contributed by atoms with E-state index in [2.05, 4.69) is 28.3 Å². The molecule has 0 fully saturated rings. The van der Waals surface area contributed by atoms with Gasteiger partial charge in [0.1, 0.15) is 0 Å². The lowest BCUT2D eigenvalue weighted by Gasteiger charge is -1.92. The summed E-state index contributed by atoms with van der Waals surface area (Å²) >= 11 is 0. The van der Waals surface area contributed by atoms with Crippen LogP contribution in [0.1, 0.15) is 39.0 Å². The van der Waals surface area contributed by atoms with E-state index in [0.29, 0.717) is 0 Å². The smallest absolute Gasteiger partial charge is 0.0136 e. The molecular formula is C9H18P. The molecule has 0 heterocycles. The lowest BCUT2D eigenvalue weighted by molar-refractivity contribution is 0.674. The summed E-state index contributed by atoms with van der Waals surface area (Å²) in [7, 11) is 3.39. The fraction of sp³-hybridized carbons (Fsp3) is 0.778. The van der Waals surface area contributed by atoms with Crippen LogP contribution in [0.15, 0.2) is 12.2 Å². The molecule has 0 unspecified atom stereocenters. The first-order chi connectivity index (χ1) is 4.91. The lowest BCUT2D eigenvalue weighted by Crippen LogP contribution is -1.73. The Kier molecular flexibility index (Phi) is 9.33. The van der Waals surface area contributed by atoms with E-state index in [0.717, 1.165) is 6.16 Å². The molecular weight excluding hydrogens is 139 g/mol. The summed E-state index contributed by atoms with van der Waals surface area (Å²) in [5, 5.41) is 0. The molecule has 0 nitrogen and oxygen atoms in total. The van der Waals surface area contributed by atoms with Gasteiger partial charge in [-0.05, 0) is 19.0 Å². The van der Waals surface area contributed by atoms with Gasteiger partial charge in [0, 0.05) is 0 Å². The van der Waals surface area contributed by atoms with Crippen molar-refractivity contribution in [3.8, 4) is 0 Å². The summed E-state index contributed by atoms with van der Waals surface area (Å²) in [6, 6.07) is 0. The van der Waals surface area contributed by atoms with E-state index in [4.69, 9.17) is 0 Å². The molecule has 0 aliphatic heterocycles. The fourth-order valence-electron chi connectivity index (χ4n) is 0.890. The normalized spacial score (nSPS) is 11.0. The molecule has 0 saturated carbocycles.